The molecule has 0 saturated carbocycles. The number of hydrazine groups is 1. The van der Waals surface area contributed by atoms with Crippen LogP contribution >= 0.6 is 0 Å². The maximum atomic E-state index is 13.5. The predicted octanol–water partition coefficient (Wildman–Crippen LogP) is 3.46. The topological polar surface area (TPSA) is 42.0 Å². The lowest BCUT2D eigenvalue weighted by Crippen LogP contribution is -2.54. The molecule has 4 rings (SSSR count). The number of fused-ring (bicyclic) bond motifs is 1. The summed E-state index contributed by atoms with van der Waals surface area (Å²) in [7, 11) is 3.39. The van der Waals surface area contributed by atoms with Gasteiger partial charge in [-0.05, 0) is 48.6 Å². The minimum atomic E-state index is -0.0178. The molecule has 27 heavy (non-hydrogen) atoms. The number of nitrogens with zero attached hydrogens (tertiary/aromatic N) is 2. The van der Waals surface area contributed by atoms with Gasteiger partial charge in [0.05, 0.1) is 25.8 Å². The summed E-state index contributed by atoms with van der Waals surface area (Å²) in [6, 6.07) is 16.3. The zero-order valence-corrected chi connectivity index (χ0v) is 15.9. The molecule has 2 aromatic rings. The fraction of sp³-hybridized carbons (Fsp3) is 0.409. The Kier molecular flexibility index (Phi) is 5.14. The minimum absolute atomic E-state index is 0.0178. The van der Waals surface area contributed by atoms with Crippen LogP contribution in [0.25, 0.3) is 0 Å². The number of hydrogen-bond acceptors (Lipinski definition) is 4. The molecule has 0 bridgehead atoms. The average molecular weight is 366 g/mol. The fourth-order valence-electron chi connectivity index (χ4n) is 4.31. The normalized spacial score (nSPS) is 22.7. The molecule has 1 amide bonds. The van der Waals surface area contributed by atoms with Gasteiger partial charge in [0.25, 0.3) is 5.91 Å². The van der Waals surface area contributed by atoms with Crippen LogP contribution in [0.5, 0.6) is 5.75 Å². The highest BCUT2D eigenvalue weighted by Gasteiger charge is 2.41. The van der Waals surface area contributed by atoms with Gasteiger partial charge >= 0.3 is 0 Å². The molecule has 0 aromatic heterocycles. The molecule has 0 radical (unpaired) electrons. The molecule has 5 nitrogen and oxygen atoms in total. The van der Waals surface area contributed by atoms with E-state index in [0.29, 0.717) is 6.61 Å². The van der Waals surface area contributed by atoms with Crippen molar-refractivity contribution in [3.63, 3.8) is 0 Å². The molecule has 1 fully saturated rings. The first kappa shape index (κ1) is 18.0. The molecule has 0 aliphatic carbocycles. The Bertz CT molecular complexity index is 805. The van der Waals surface area contributed by atoms with Crippen LogP contribution in [0.4, 0.5) is 0 Å². The number of amides is 1. The third-order valence-electron chi connectivity index (χ3n) is 5.65. The van der Waals surface area contributed by atoms with Crippen LogP contribution in [0.15, 0.2) is 48.5 Å². The van der Waals surface area contributed by atoms with Crippen molar-refractivity contribution in [3.05, 3.63) is 65.2 Å². The van der Waals surface area contributed by atoms with Crippen LogP contribution in [0.1, 0.15) is 40.4 Å². The number of ether oxygens (including phenoxy) is 2. The number of hydrogen-bond donors (Lipinski definition) is 0. The zero-order chi connectivity index (χ0) is 18.8. The second-order valence-electron chi connectivity index (χ2n) is 7.21. The van der Waals surface area contributed by atoms with Crippen molar-refractivity contribution in [2.75, 3.05) is 27.4 Å². The third-order valence-corrected chi connectivity index (χ3v) is 5.65. The molecule has 2 heterocycles. The van der Waals surface area contributed by atoms with Crippen LogP contribution in [0.2, 0.25) is 0 Å². The van der Waals surface area contributed by atoms with Crippen molar-refractivity contribution < 1.29 is 14.3 Å². The summed E-state index contributed by atoms with van der Waals surface area (Å²) in [5.41, 5.74) is 3.05. The van der Waals surface area contributed by atoms with Crippen LogP contribution in [-0.4, -0.2) is 49.3 Å². The molecule has 2 aliphatic heterocycles. The van der Waals surface area contributed by atoms with Crippen molar-refractivity contribution in [2.24, 2.45) is 0 Å². The summed E-state index contributed by atoms with van der Waals surface area (Å²) < 4.78 is 10.7. The predicted molar refractivity (Wildman–Crippen MR) is 104 cm³/mol. The van der Waals surface area contributed by atoms with Crippen LogP contribution in [0.3, 0.4) is 0 Å². The summed E-state index contributed by atoms with van der Waals surface area (Å²) in [4.78, 5) is 13.5. The molecule has 0 unspecified atom stereocenters. The molecule has 0 N–H and O–H groups in total. The first-order chi connectivity index (χ1) is 13.2. The summed E-state index contributed by atoms with van der Waals surface area (Å²) in [6.45, 7) is 1.52. The number of rotatable bonds is 5. The lowest BCUT2D eigenvalue weighted by atomic mass is 9.90. The first-order valence-corrected chi connectivity index (χ1v) is 9.54. The summed E-state index contributed by atoms with van der Waals surface area (Å²) >= 11 is 0. The molecular formula is C22H26N2O3. The number of methoxy groups -OCH3 is 2. The minimum Gasteiger partial charge on any atom is -0.497 e. The second-order valence-corrected chi connectivity index (χ2v) is 7.21. The van der Waals surface area contributed by atoms with Crippen molar-refractivity contribution in [3.8, 4) is 5.75 Å². The summed E-state index contributed by atoms with van der Waals surface area (Å²) in [6.07, 6.45) is 2.94. The monoisotopic (exact) mass is 366 g/mol. The van der Waals surface area contributed by atoms with E-state index in [2.05, 4.69) is 23.2 Å². The fourth-order valence-corrected chi connectivity index (χ4v) is 4.31. The van der Waals surface area contributed by atoms with E-state index in [4.69, 9.17) is 9.47 Å². The number of benzene rings is 2. The summed E-state index contributed by atoms with van der Waals surface area (Å²) in [5.74, 6) is 0.909. The lowest BCUT2D eigenvalue weighted by Gasteiger charge is -2.44. The van der Waals surface area contributed by atoms with Crippen molar-refractivity contribution in [2.45, 2.75) is 31.3 Å². The summed E-state index contributed by atoms with van der Waals surface area (Å²) in [5, 5.41) is 4.22. The van der Waals surface area contributed by atoms with Crippen LogP contribution < -0.4 is 4.74 Å². The van der Waals surface area contributed by atoms with Gasteiger partial charge in [-0.2, -0.15) is 0 Å². The van der Waals surface area contributed by atoms with Gasteiger partial charge in [-0.25, -0.2) is 5.01 Å². The Labute approximate surface area is 160 Å². The van der Waals surface area contributed by atoms with Gasteiger partial charge in [0.1, 0.15) is 5.75 Å². The SMILES string of the molecule is COC[C@@H]1CCCN1N1C(=O)c2ccccc2C[C@@H]1c1ccc(OC)cc1. The highest BCUT2D eigenvalue weighted by Crippen LogP contribution is 2.37. The van der Waals surface area contributed by atoms with E-state index in [1.54, 1.807) is 14.2 Å². The van der Waals surface area contributed by atoms with Gasteiger partial charge < -0.3 is 9.47 Å². The van der Waals surface area contributed by atoms with Gasteiger partial charge in [0, 0.05) is 19.2 Å². The Morgan fingerprint density at radius 3 is 2.59 bits per heavy atom. The quantitative estimate of drug-likeness (QED) is 0.813. The van der Waals surface area contributed by atoms with E-state index in [0.717, 1.165) is 48.2 Å². The van der Waals surface area contributed by atoms with Gasteiger partial charge in [-0.3, -0.25) is 9.80 Å². The third kappa shape index (κ3) is 3.33. The Balaban J connectivity index is 1.74. The van der Waals surface area contributed by atoms with Gasteiger partial charge in [0.15, 0.2) is 0 Å². The molecule has 0 spiro atoms. The molecule has 142 valence electrons. The molecular weight excluding hydrogens is 340 g/mol. The number of carbonyl (C=O) groups excluding carboxylic acids is 1. The van der Waals surface area contributed by atoms with E-state index in [9.17, 15) is 4.79 Å². The van der Waals surface area contributed by atoms with Crippen molar-refractivity contribution in [1.82, 2.24) is 10.0 Å². The Hall–Kier alpha value is -2.37. The van der Waals surface area contributed by atoms with Gasteiger partial charge in [-0.1, -0.05) is 30.3 Å². The maximum absolute atomic E-state index is 13.5. The van der Waals surface area contributed by atoms with E-state index < -0.39 is 0 Å². The van der Waals surface area contributed by atoms with Crippen LogP contribution in [0, 0.1) is 0 Å². The molecule has 2 atom stereocenters. The number of carbonyl (C=O) groups is 1. The van der Waals surface area contributed by atoms with Crippen molar-refractivity contribution >= 4 is 5.91 Å². The largest absolute Gasteiger partial charge is 0.497 e. The van der Waals surface area contributed by atoms with E-state index >= 15 is 0 Å². The van der Waals surface area contributed by atoms with Crippen molar-refractivity contribution in [1.29, 1.82) is 0 Å². The molecule has 5 heteroatoms. The molecule has 2 aromatic carbocycles. The average Bonchev–Trinajstić information content (AvgIpc) is 3.16. The van der Waals surface area contributed by atoms with E-state index in [1.165, 1.54) is 0 Å². The second kappa shape index (κ2) is 7.71. The van der Waals surface area contributed by atoms with Gasteiger partial charge in [0.2, 0.25) is 0 Å². The molecule has 2 aliphatic rings. The van der Waals surface area contributed by atoms with E-state index in [1.807, 2.05) is 35.3 Å². The maximum Gasteiger partial charge on any atom is 0.269 e. The van der Waals surface area contributed by atoms with E-state index in [-0.39, 0.29) is 18.0 Å². The lowest BCUT2D eigenvalue weighted by molar-refractivity contribution is -0.0639. The van der Waals surface area contributed by atoms with Crippen LogP contribution in [-0.2, 0) is 11.2 Å². The highest BCUT2D eigenvalue weighted by molar-refractivity contribution is 5.96. The highest BCUT2D eigenvalue weighted by atomic mass is 16.5. The molecule has 1 saturated heterocycles. The Morgan fingerprint density at radius 1 is 1.07 bits per heavy atom. The first-order valence-electron chi connectivity index (χ1n) is 9.54. The zero-order valence-electron chi connectivity index (χ0n) is 15.9. The smallest absolute Gasteiger partial charge is 0.269 e. The Morgan fingerprint density at radius 2 is 1.85 bits per heavy atom. The van der Waals surface area contributed by atoms with Gasteiger partial charge in [-0.15, -0.1) is 0 Å². The standard InChI is InChI=1S/C22H26N2O3/c1-26-15-18-7-5-13-23(18)24-21(16-9-11-19(27-2)12-10-16)14-17-6-3-4-8-20(17)22(24)25/h3-4,6,8-12,18,21H,5,7,13-15H2,1-2H3/t18-,21+/m0/s1.